The first-order chi connectivity index (χ1) is 11.1. The molecule has 0 saturated carbocycles. The van der Waals surface area contributed by atoms with E-state index >= 15 is 0 Å². The predicted octanol–water partition coefficient (Wildman–Crippen LogP) is 2.21. The minimum atomic E-state index is -0.594. The Kier molecular flexibility index (Phi) is 3.52. The van der Waals surface area contributed by atoms with E-state index in [0.717, 1.165) is 19.4 Å². The maximum atomic E-state index is 10.4. The van der Waals surface area contributed by atoms with Crippen LogP contribution in [-0.4, -0.2) is 52.8 Å². The normalized spacial score (nSPS) is 39.1. The minimum Gasteiger partial charge on any atom is -0.504 e. The molecule has 0 aromatic heterocycles. The Morgan fingerprint density at radius 2 is 2.09 bits per heavy atom. The molecular weight excluding hydrogens is 358 g/mol. The molecule has 4 nitrogen and oxygen atoms in total. The van der Waals surface area contributed by atoms with Gasteiger partial charge in [-0.05, 0) is 43.9 Å². The third-order valence-electron chi connectivity index (χ3n) is 6.15. The number of phenolic OH excluding ortho intramolecular Hbond substituents is 1. The highest BCUT2D eigenvalue weighted by molar-refractivity contribution is 9.08. The highest BCUT2D eigenvalue weighted by atomic mass is 79.9. The number of aliphatic hydroxyl groups is 1. The van der Waals surface area contributed by atoms with E-state index in [1.54, 1.807) is 6.07 Å². The Morgan fingerprint density at radius 3 is 2.87 bits per heavy atom. The zero-order valence-electron chi connectivity index (χ0n) is 13.4. The Bertz CT molecular complexity index is 676. The van der Waals surface area contributed by atoms with Crippen LogP contribution in [0.4, 0.5) is 0 Å². The van der Waals surface area contributed by atoms with E-state index in [2.05, 4.69) is 34.0 Å². The van der Waals surface area contributed by atoms with Crippen LogP contribution in [0.5, 0.6) is 11.5 Å². The first kappa shape index (κ1) is 15.5. The number of likely N-dealkylation sites (N-methyl/N-ethyl adjacent to an activating group) is 1. The van der Waals surface area contributed by atoms with Gasteiger partial charge in [-0.25, -0.2) is 0 Å². The molecule has 4 aliphatic rings. The molecule has 0 unspecified atom stereocenters. The van der Waals surface area contributed by atoms with Gasteiger partial charge in [0.2, 0.25) is 0 Å². The molecule has 0 amide bonds. The van der Waals surface area contributed by atoms with Gasteiger partial charge in [0.1, 0.15) is 12.2 Å². The Morgan fingerprint density at radius 1 is 1.30 bits per heavy atom. The minimum absolute atomic E-state index is 0.160. The Balaban J connectivity index is 0.000000652. The fourth-order valence-electron chi connectivity index (χ4n) is 5.24. The van der Waals surface area contributed by atoms with Gasteiger partial charge in [0.25, 0.3) is 0 Å². The zero-order valence-corrected chi connectivity index (χ0v) is 15.0. The summed E-state index contributed by atoms with van der Waals surface area (Å²) in [5, 5.41) is 20.6. The van der Waals surface area contributed by atoms with Gasteiger partial charge in [-0.15, -0.1) is 0 Å². The molecule has 2 bridgehead atoms. The summed E-state index contributed by atoms with van der Waals surface area (Å²) in [5.41, 5.74) is 2.29. The summed E-state index contributed by atoms with van der Waals surface area (Å²) in [6.07, 6.45) is 5.18. The van der Waals surface area contributed by atoms with Gasteiger partial charge in [-0.1, -0.05) is 34.1 Å². The molecule has 5 heteroatoms. The van der Waals surface area contributed by atoms with Crippen LogP contribution in [0, 0.1) is 5.92 Å². The second kappa shape index (κ2) is 5.23. The molecule has 1 aromatic carbocycles. The summed E-state index contributed by atoms with van der Waals surface area (Å²) in [6, 6.07) is 4.23. The van der Waals surface area contributed by atoms with Gasteiger partial charge >= 0.3 is 0 Å². The van der Waals surface area contributed by atoms with Crippen molar-refractivity contribution in [1.29, 1.82) is 0 Å². The van der Waals surface area contributed by atoms with Crippen LogP contribution in [-0.2, 0) is 11.8 Å². The monoisotopic (exact) mass is 379 g/mol. The van der Waals surface area contributed by atoms with Crippen LogP contribution in [0.2, 0.25) is 0 Å². The number of aromatic hydroxyl groups is 1. The molecule has 2 aliphatic carbocycles. The smallest absolute Gasteiger partial charge is 0.165 e. The number of benzene rings is 1. The maximum Gasteiger partial charge on any atom is 0.165 e. The highest BCUT2D eigenvalue weighted by Crippen LogP contribution is 2.62. The lowest BCUT2D eigenvalue weighted by Gasteiger charge is -2.56. The van der Waals surface area contributed by atoms with Crippen molar-refractivity contribution in [2.75, 3.05) is 19.4 Å². The van der Waals surface area contributed by atoms with Crippen LogP contribution in [0.15, 0.2) is 24.3 Å². The fraction of sp³-hybridized carbons (Fsp3) is 0.556. The first-order valence-electron chi connectivity index (χ1n) is 8.09. The van der Waals surface area contributed by atoms with Crippen LogP contribution >= 0.6 is 15.9 Å². The molecule has 1 spiro atoms. The van der Waals surface area contributed by atoms with Crippen molar-refractivity contribution in [3.8, 4) is 11.5 Å². The van der Waals surface area contributed by atoms with Crippen molar-refractivity contribution in [3.05, 3.63) is 35.4 Å². The molecule has 2 N–H and O–H groups in total. The number of hydrogen-bond acceptors (Lipinski definition) is 4. The third-order valence-corrected chi connectivity index (χ3v) is 6.15. The van der Waals surface area contributed by atoms with E-state index in [4.69, 9.17) is 4.74 Å². The van der Waals surface area contributed by atoms with Crippen molar-refractivity contribution in [2.45, 2.75) is 36.5 Å². The van der Waals surface area contributed by atoms with E-state index < -0.39 is 6.10 Å². The van der Waals surface area contributed by atoms with Gasteiger partial charge in [0.05, 0.1) is 0 Å². The van der Waals surface area contributed by atoms with Gasteiger partial charge in [-0.3, -0.25) is 0 Å². The lowest BCUT2D eigenvalue weighted by Crippen LogP contribution is -2.64. The number of hydrogen-bond donors (Lipinski definition) is 2. The lowest BCUT2D eigenvalue weighted by molar-refractivity contribution is -0.0453. The highest BCUT2D eigenvalue weighted by Gasteiger charge is 2.64. The molecule has 1 saturated heterocycles. The maximum absolute atomic E-state index is 10.4. The second-order valence-corrected chi connectivity index (χ2v) is 6.93. The quantitative estimate of drug-likeness (QED) is 0.535. The molecule has 5 atom stereocenters. The van der Waals surface area contributed by atoms with E-state index in [0.29, 0.717) is 17.7 Å². The average molecular weight is 380 g/mol. The van der Waals surface area contributed by atoms with Crippen LogP contribution in [0.25, 0.3) is 0 Å². The van der Waals surface area contributed by atoms with Crippen molar-refractivity contribution in [1.82, 2.24) is 4.90 Å². The average Bonchev–Trinajstić information content (AvgIpc) is 2.92. The largest absolute Gasteiger partial charge is 0.504 e. The summed E-state index contributed by atoms with van der Waals surface area (Å²) >= 11 is 2.94. The van der Waals surface area contributed by atoms with E-state index in [9.17, 15) is 10.2 Å². The zero-order chi connectivity index (χ0) is 16.4. The number of rotatable bonds is 0. The van der Waals surface area contributed by atoms with E-state index in [1.165, 1.54) is 11.1 Å². The molecule has 5 rings (SSSR count). The standard InChI is InChI=1S/C17H19NO3.CH3Br/c1-18-7-6-17-10-3-5-13(20)16(17)21-15-12(19)4-2-9(14(15)17)8-11(10)18;1-2/h2-5,10-11,13,16,19-20H,6-8H2,1H3;1H3/t10-,11+,13-,16-,17-;/m0./s1. The van der Waals surface area contributed by atoms with Gasteiger partial charge in [-0.2, -0.15) is 0 Å². The van der Waals surface area contributed by atoms with Crippen molar-refractivity contribution < 1.29 is 14.9 Å². The SMILES string of the molecule is CBr.CN1CC[C@]23c4c5ccc(O)c4O[C@H]2[C@@H](O)C=C[C@H]3[C@H]1C5. The summed E-state index contributed by atoms with van der Waals surface area (Å²) in [6.45, 7) is 1.01. The van der Waals surface area contributed by atoms with E-state index in [1.807, 2.05) is 18.0 Å². The third kappa shape index (κ3) is 1.79. The number of likely N-dealkylation sites (tertiary alicyclic amines) is 1. The number of halogens is 1. The predicted molar refractivity (Wildman–Crippen MR) is 92.4 cm³/mol. The van der Waals surface area contributed by atoms with Gasteiger partial charge in [0, 0.05) is 22.9 Å². The number of ether oxygens (including phenoxy) is 1. The summed E-state index contributed by atoms with van der Waals surface area (Å²) < 4.78 is 6.09. The molecule has 23 heavy (non-hydrogen) atoms. The molecule has 1 fully saturated rings. The Hall–Kier alpha value is -1.04. The molecule has 2 heterocycles. The number of nitrogens with zero attached hydrogens (tertiary/aromatic N) is 1. The number of alkyl halides is 1. The van der Waals surface area contributed by atoms with Crippen molar-refractivity contribution >= 4 is 15.9 Å². The van der Waals surface area contributed by atoms with Crippen LogP contribution in [0.1, 0.15) is 17.5 Å². The molecular formula is C18H22BrNO3. The summed E-state index contributed by atoms with van der Waals surface area (Å²) in [5.74, 6) is 3.00. The molecule has 2 aliphatic heterocycles. The number of phenols is 1. The fourth-order valence-corrected chi connectivity index (χ4v) is 5.24. The molecule has 0 radical (unpaired) electrons. The van der Waals surface area contributed by atoms with Crippen molar-refractivity contribution in [2.24, 2.45) is 5.92 Å². The summed E-state index contributed by atoms with van der Waals surface area (Å²) in [7, 11) is 2.19. The number of aliphatic hydroxyl groups excluding tert-OH is 1. The van der Waals surface area contributed by atoms with Gasteiger partial charge in [0.15, 0.2) is 11.5 Å². The van der Waals surface area contributed by atoms with Crippen LogP contribution < -0.4 is 4.74 Å². The molecule has 124 valence electrons. The van der Waals surface area contributed by atoms with Crippen LogP contribution in [0.3, 0.4) is 0 Å². The molecule has 1 aromatic rings. The van der Waals surface area contributed by atoms with Gasteiger partial charge < -0.3 is 19.8 Å². The Labute approximate surface area is 144 Å². The van der Waals surface area contributed by atoms with Crippen molar-refractivity contribution in [3.63, 3.8) is 0 Å². The lowest BCUT2D eigenvalue weighted by atomic mass is 9.53. The number of piperidine rings is 1. The topological polar surface area (TPSA) is 52.9 Å². The second-order valence-electron chi connectivity index (χ2n) is 6.93. The summed E-state index contributed by atoms with van der Waals surface area (Å²) in [4.78, 5) is 2.43. The van der Waals surface area contributed by atoms with E-state index in [-0.39, 0.29) is 17.3 Å². The first-order valence-corrected chi connectivity index (χ1v) is 9.68.